The van der Waals surface area contributed by atoms with Crippen LogP contribution in [0.25, 0.3) is 11.3 Å². The number of anilines is 1. The van der Waals surface area contributed by atoms with E-state index >= 15 is 0 Å². The number of hydrogen-bond donors (Lipinski definition) is 3. The number of aromatic hydroxyl groups is 1. The normalized spacial score (nSPS) is 13.7. The van der Waals surface area contributed by atoms with Gasteiger partial charge in [0.2, 0.25) is 5.91 Å². The van der Waals surface area contributed by atoms with Crippen LogP contribution < -0.4 is 10.6 Å². The number of benzene rings is 1. The lowest BCUT2D eigenvalue weighted by Gasteiger charge is -2.25. The summed E-state index contributed by atoms with van der Waals surface area (Å²) in [4.78, 5) is 24.1. The van der Waals surface area contributed by atoms with Gasteiger partial charge in [-0.2, -0.15) is 9.78 Å². The van der Waals surface area contributed by atoms with Crippen molar-refractivity contribution in [2.45, 2.75) is 38.5 Å². The van der Waals surface area contributed by atoms with Gasteiger partial charge in [0.1, 0.15) is 5.75 Å². The minimum Gasteiger partial charge on any atom is -0.507 e. The Labute approximate surface area is 158 Å². The number of hydrogen-bond acceptors (Lipinski definition) is 4. The summed E-state index contributed by atoms with van der Waals surface area (Å²) < 4.78 is 1.37. The second kappa shape index (κ2) is 8.07. The highest BCUT2D eigenvalue weighted by atomic mass is 16.3. The van der Waals surface area contributed by atoms with Gasteiger partial charge in [-0.25, -0.2) is 4.79 Å². The lowest BCUT2D eigenvalue weighted by Crippen LogP contribution is -2.32. The first-order chi connectivity index (χ1) is 13.0. The number of carbonyl (C=O) groups is 2. The van der Waals surface area contributed by atoms with Crippen LogP contribution in [0.3, 0.4) is 0 Å². The van der Waals surface area contributed by atoms with Crippen molar-refractivity contribution in [2.75, 3.05) is 11.9 Å². The third kappa shape index (κ3) is 4.02. The molecular formula is C20H24N4O3. The first-order valence-electron chi connectivity index (χ1n) is 9.15. The highest BCUT2D eigenvalue weighted by molar-refractivity contribution is 5.91. The molecule has 7 nitrogen and oxygen atoms in total. The van der Waals surface area contributed by atoms with Crippen molar-refractivity contribution >= 4 is 17.6 Å². The van der Waals surface area contributed by atoms with Crippen molar-refractivity contribution < 1.29 is 14.7 Å². The van der Waals surface area contributed by atoms with Gasteiger partial charge in [-0.1, -0.05) is 19.4 Å². The van der Waals surface area contributed by atoms with Gasteiger partial charge in [0.25, 0.3) is 0 Å². The third-order valence-electron chi connectivity index (χ3n) is 4.73. The molecule has 1 fully saturated rings. The number of aromatic nitrogens is 2. The molecule has 0 saturated heterocycles. The van der Waals surface area contributed by atoms with Gasteiger partial charge in [0.15, 0.2) is 0 Å². The fourth-order valence-electron chi connectivity index (χ4n) is 2.99. The van der Waals surface area contributed by atoms with Crippen molar-refractivity contribution in [1.82, 2.24) is 15.1 Å². The zero-order valence-electron chi connectivity index (χ0n) is 15.4. The average Bonchev–Trinajstić information content (AvgIpc) is 3.04. The van der Waals surface area contributed by atoms with Gasteiger partial charge in [0.05, 0.1) is 11.4 Å². The summed E-state index contributed by atoms with van der Waals surface area (Å²) in [7, 11) is 0. The number of phenols is 1. The monoisotopic (exact) mass is 368 g/mol. The molecule has 1 aliphatic carbocycles. The van der Waals surface area contributed by atoms with E-state index in [0.29, 0.717) is 29.9 Å². The smallest absolute Gasteiger partial charge is 0.342 e. The Kier molecular flexibility index (Phi) is 5.59. The van der Waals surface area contributed by atoms with Crippen LogP contribution in [0.4, 0.5) is 10.5 Å². The molecule has 0 radical (unpaired) electrons. The van der Waals surface area contributed by atoms with Crippen LogP contribution in [-0.2, 0) is 4.79 Å². The molecule has 0 bridgehead atoms. The third-order valence-corrected chi connectivity index (χ3v) is 4.73. The summed E-state index contributed by atoms with van der Waals surface area (Å²) >= 11 is 0. The molecule has 27 heavy (non-hydrogen) atoms. The van der Waals surface area contributed by atoms with Crippen LogP contribution in [-0.4, -0.2) is 33.4 Å². The van der Waals surface area contributed by atoms with E-state index in [1.54, 1.807) is 25.1 Å². The SMILES string of the molecule is C=CCNC(=O)n1nc(-c2cc(NC(=O)CC)ccc2O)cc1C1CCC1. The highest BCUT2D eigenvalue weighted by Gasteiger charge is 2.27. The second-order valence-electron chi connectivity index (χ2n) is 6.60. The first kappa shape index (κ1) is 18.7. The van der Waals surface area contributed by atoms with E-state index in [0.717, 1.165) is 25.0 Å². The molecule has 1 heterocycles. The number of nitrogens with one attached hydrogen (secondary N) is 2. The number of nitrogens with zero attached hydrogens (tertiary/aromatic N) is 2. The molecule has 0 unspecified atom stereocenters. The Balaban J connectivity index is 1.97. The topological polar surface area (TPSA) is 96.3 Å². The Bertz CT molecular complexity index is 868. The molecule has 3 rings (SSSR count). The minimum atomic E-state index is -0.321. The van der Waals surface area contributed by atoms with Gasteiger partial charge < -0.3 is 15.7 Å². The van der Waals surface area contributed by atoms with E-state index in [2.05, 4.69) is 22.3 Å². The van der Waals surface area contributed by atoms with Crippen LogP contribution in [0.5, 0.6) is 5.75 Å². The largest absolute Gasteiger partial charge is 0.507 e. The van der Waals surface area contributed by atoms with E-state index in [1.807, 2.05) is 6.07 Å². The lowest BCUT2D eigenvalue weighted by atomic mass is 9.82. The zero-order chi connectivity index (χ0) is 19.4. The predicted octanol–water partition coefficient (Wildman–Crippen LogP) is 3.62. The van der Waals surface area contributed by atoms with E-state index in [9.17, 15) is 14.7 Å². The van der Waals surface area contributed by atoms with E-state index in [1.165, 1.54) is 10.7 Å². The maximum atomic E-state index is 12.5. The van der Waals surface area contributed by atoms with E-state index in [4.69, 9.17) is 0 Å². The highest BCUT2D eigenvalue weighted by Crippen LogP contribution is 2.39. The van der Waals surface area contributed by atoms with Crippen molar-refractivity contribution in [1.29, 1.82) is 0 Å². The molecule has 7 heteroatoms. The molecule has 0 spiro atoms. The van der Waals surface area contributed by atoms with E-state index < -0.39 is 0 Å². The van der Waals surface area contributed by atoms with Crippen LogP contribution >= 0.6 is 0 Å². The van der Waals surface area contributed by atoms with Gasteiger partial charge >= 0.3 is 6.03 Å². The summed E-state index contributed by atoms with van der Waals surface area (Å²) in [6.45, 7) is 5.72. The Hall–Kier alpha value is -3.09. The lowest BCUT2D eigenvalue weighted by molar-refractivity contribution is -0.115. The summed E-state index contributed by atoms with van der Waals surface area (Å²) in [5.41, 5.74) is 2.38. The fourth-order valence-corrected chi connectivity index (χ4v) is 2.99. The molecule has 1 saturated carbocycles. The van der Waals surface area contributed by atoms with Crippen molar-refractivity contribution in [3.63, 3.8) is 0 Å². The Morgan fingerprint density at radius 1 is 1.37 bits per heavy atom. The predicted molar refractivity (Wildman–Crippen MR) is 104 cm³/mol. The molecule has 0 atom stereocenters. The molecule has 1 aromatic heterocycles. The van der Waals surface area contributed by atoms with Gasteiger partial charge in [-0.05, 0) is 37.1 Å². The zero-order valence-corrected chi connectivity index (χ0v) is 15.4. The summed E-state index contributed by atoms with van der Waals surface area (Å²) in [6, 6.07) is 6.34. The number of carbonyl (C=O) groups excluding carboxylic acids is 2. The Morgan fingerprint density at radius 2 is 2.15 bits per heavy atom. The molecule has 2 amide bonds. The second-order valence-corrected chi connectivity index (χ2v) is 6.60. The number of rotatable bonds is 6. The van der Waals surface area contributed by atoms with Crippen LogP contribution in [0.15, 0.2) is 36.9 Å². The number of phenolic OH excluding ortho intramolecular Hbond substituents is 1. The van der Waals surface area contributed by atoms with Crippen LogP contribution in [0.2, 0.25) is 0 Å². The first-order valence-corrected chi connectivity index (χ1v) is 9.15. The molecular weight excluding hydrogens is 344 g/mol. The van der Waals surface area contributed by atoms with E-state index in [-0.39, 0.29) is 23.6 Å². The maximum Gasteiger partial charge on any atom is 0.342 e. The Morgan fingerprint density at radius 3 is 2.78 bits per heavy atom. The van der Waals surface area contributed by atoms with Gasteiger partial charge in [-0.15, -0.1) is 6.58 Å². The van der Waals surface area contributed by atoms with Crippen molar-refractivity contribution in [3.8, 4) is 17.0 Å². The van der Waals surface area contributed by atoms with Gasteiger partial charge in [0, 0.05) is 30.1 Å². The molecule has 142 valence electrons. The molecule has 1 aliphatic rings. The van der Waals surface area contributed by atoms with Crippen molar-refractivity contribution in [3.05, 3.63) is 42.6 Å². The molecule has 2 aromatic rings. The molecule has 3 N–H and O–H groups in total. The standard InChI is InChI=1S/C20H24N4O3/c1-3-10-21-20(27)24-17(13-6-5-7-13)12-16(23-24)15-11-14(8-9-18(15)25)22-19(26)4-2/h3,8-9,11-13,25H,1,4-7,10H2,2H3,(H,21,27)(H,22,26). The van der Waals surface area contributed by atoms with Crippen LogP contribution in [0.1, 0.15) is 44.2 Å². The fraction of sp³-hybridized carbons (Fsp3) is 0.350. The van der Waals surface area contributed by atoms with Crippen LogP contribution in [0, 0.1) is 0 Å². The summed E-state index contributed by atoms with van der Waals surface area (Å²) in [5, 5.41) is 20.2. The maximum absolute atomic E-state index is 12.5. The minimum absolute atomic E-state index is 0.0424. The molecule has 1 aromatic carbocycles. The number of amides is 2. The summed E-state index contributed by atoms with van der Waals surface area (Å²) in [5.74, 6) is 0.211. The summed E-state index contributed by atoms with van der Waals surface area (Å²) in [6.07, 6.45) is 5.12. The van der Waals surface area contributed by atoms with Gasteiger partial charge in [-0.3, -0.25) is 4.79 Å². The average molecular weight is 368 g/mol. The quantitative estimate of drug-likeness (QED) is 0.536. The molecule has 0 aliphatic heterocycles. The van der Waals surface area contributed by atoms with Crippen molar-refractivity contribution in [2.24, 2.45) is 0 Å².